The number of hydrogen-bond acceptors (Lipinski definition) is 5. The van der Waals surface area contributed by atoms with Gasteiger partial charge >= 0.3 is 12.1 Å². The largest absolute Gasteiger partial charge is 0.492 e. The molecule has 0 radical (unpaired) electrons. The number of hydrogen-bond donors (Lipinski definition) is 1. The van der Waals surface area contributed by atoms with E-state index in [4.69, 9.17) is 4.74 Å². The number of aryl methyl sites for hydroxylation is 1. The van der Waals surface area contributed by atoms with Crippen LogP contribution in [0.2, 0.25) is 0 Å². The van der Waals surface area contributed by atoms with Crippen LogP contribution in [-0.4, -0.2) is 22.7 Å². The first kappa shape index (κ1) is 21.7. The normalized spacial score (nSPS) is 15.9. The van der Waals surface area contributed by atoms with Crippen molar-refractivity contribution in [1.29, 1.82) is 0 Å². The minimum atomic E-state index is -4.36. The number of benzene rings is 2. The maximum absolute atomic E-state index is 12.8. The molecule has 2 heterocycles. The number of halogens is 3. The average Bonchev–Trinajstić information content (AvgIpc) is 3.11. The van der Waals surface area contributed by atoms with Gasteiger partial charge in [0.25, 0.3) is 0 Å². The average molecular weight is 466 g/mol. The lowest BCUT2D eigenvalue weighted by atomic mass is 9.97. The number of aliphatic carboxylic acids is 1. The summed E-state index contributed by atoms with van der Waals surface area (Å²) in [6, 6.07) is 10.8. The summed E-state index contributed by atoms with van der Waals surface area (Å²) >= 11 is 3.07. The molecule has 3 aromatic rings. The zero-order valence-electron chi connectivity index (χ0n) is 16.4. The Morgan fingerprint density at radius 1 is 1.26 bits per heavy atom. The van der Waals surface area contributed by atoms with Crippen LogP contribution in [0, 0.1) is 12.8 Å². The number of thiazole rings is 1. The van der Waals surface area contributed by atoms with Crippen LogP contribution < -0.4 is 4.74 Å². The number of aromatic nitrogens is 1. The molecule has 1 aliphatic heterocycles. The van der Waals surface area contributed by atoms with Crippen LogP contribution in [0.3, 0.4) is 0 Å². The fraction of sp³-hybridized carbons (Fsp3) is 0.273. The van der Waals surface area contributed by atoms with Gasteiger partial charge in [0.15, 0.2) is 0 Å². The van der Waals surface area contributed by atoms with E-state index in [-0.39, 0.29) is 6.61 Å². The summed E-state index contributed by atoms with van der Waals surface area (Å²) in [5.41, 5.74) is 1.71. The van der Waals surface area contributed by atoms with Gasteiger partial charge in [-0.1, -0.05) is 12.1 Å². The van der Waals surface area contributed by atoms with Crippen LogP contribution in [0.5, 0.6) is 5.75 Å². The fourth-order valence-corrected chi connectivity index (χ4v) is 5.43. The van der Waals surface area contributed by atoms with Crippen molar-refractivity contribution in [3.63, 3.8) is 0 Å². The van der Waals surface area contributed by atoms with E-state index in [0.29, 0.717) is 22.7 Å². The molecule has 1 atom stereocenters. The zero-order chi connectivity index (χ0) is 22.2. The molecule has 0 bridgehead atoms. The third kappa shape index (κ3) is 4.88. The number of ether oxygens (including phenoxy) is 1. The first-order chi connectivity index (χ1) is 14.7. The van der Waals surface area contributed by atoms with Crippen molar-refractivity contribution in [2.24, 2.45) is 5.92 Å². The zero-order valence-corrected chi connectivity index (χ0v) is 18.0. The molecule has 1 aromatic heterocycles. The maximum atomic E-state index is 12.8. The number of carboxylic acids is 1. The molecule has 4 nitrogen and oxygen atoms in total. The lowest BCUT2D eigenvalue weighted by Crippen LogP contribution is -2.27. The second-order valence-corrected chi connectivity index (χ2v) is 9.34. The standard InChI is InChI=1S/C22H18F3NO3S2/c1-12-19(31-20(26-12)13-2-4-16(5-3-13)22(23,24)25)11-30-17-6-7-18-14(9-17)8-15(10-29-18)21(27)28/h2-7,9,15H,8,10-11H2,1H3,(H,27,28). The number of nitrogens with zero attached hydrogens (tertiary/aromatic N) is 1. The van der Waals surface area contributed by atoms with Gasteiger partial charge in [-0.15, -0.1) is 23.1 Å². The van der Waals surface area contributed by atoms with Gasteiger partial charge in [-0.2, -0.15) is 13.2 Å². The molecule has 31 heavy (non-hydrogen) atoms. The lowest BCUT2D eigenvalue weighted by molar-refractivity contribution is -0.143. The molecule has 0 saturated carbocycles. The summed E-state index contributed by atoms with van der Waals surface area (Å²) in [5.74, 6) is -0.0189. The van der Waals surface area contributed by atoms with Gasteiger partial charge in [-0.25, -0.2) is 4.98 Å². The van der Waals surface area contributed by atoms with Crippen LogP contribution in [-0.2, 0) is 23.1 Å². The fourth-order valence-electron chi connectivity index (χ4n) is 3.26. The third-order valence-corrected chi connectivity index (χ3v) is 7.42. The molecule has 2 aromatic carbocycles. The van der Waals surface area contributed by atoms with Gasteiger partial charge in [0.1, 0.15) is 17.4 Å². The van der Waals surface area contributed by atoms with E-state index >= 15 is 0 Å². The molecule has 0 saturated heterocycles. The molecule has 9 heteroatoms. The van der Waals surface area contributed by atoms with Gasteiger partial charge in [0, 0.05) is 21.1 Å². The summed E-state index contributed by atoms with van der Waals surface area (Å²) < 4.78 is 43.8. The molecule has 0 aliphatic carbocycles. The molecular weight excluding hydrogens is 447 g/mol. The van der Waals surface area contributed by atoms with Crippen molar-refractivity contribution in [3.8, 4) is 16.3 Å². The minimum absolute atomic E-state index is 0.182. The monoisotopic (exact) mass is 465 g/mol. The molecule has 1 aliphatic rings. The van der Waals surface area contributed by atoms with Gasteiger partial charge in [0.05, 0.1) is 17.2 Å². The van der Waals surface area contributed by atoms with Gasteiger partial charge in [-0.3, -0.25) is 4.79 Å². The van der Waals surface area contributed by atoms with E-state index in [9.17, 15) is 23.1 Å². The smallest absolute Gasteiger partial charge is 0.416 e. The van der Waals surface area contributed by atoms with Crippen molar-refractivity contribution in [1.82, 2.24) is 4.98 Å². The Labute approximate surface area is 185 Å². The van der Waals surface area contributed by atoms with Gasteiger partial charge in [-0.05, 0) is 49.2 Å². The topological polar surface area (TPSA) is 59.4 Å². The predicted molar refractivity (Wildman–Crippen MR) is 114 cm³/mol. The van der Waals surface area contributed by atoms with Crippen LogP contribution in [0.15, 0.2) is 47.4 Å². The molecule has 1 N–H and O–H groups in total. The van der Waals surface area contributed by atoms with Gasteiger partial charge < -0.3 is 9.84 Å². The molecule has 0 spiro atoms. The van der Waals surface area contributed by atoms with Crippen LogP contribution in [0.25, 0.3) is 10.6 Å². The van der Waals surface area contributed by atoms with E-state index in [1.54, 1.807) is 11.8 Å². The van der Waals surface area contributed by atoms with Crippen molar-refractivity contribution in [3.05, 3.63) is 64.2 Å². The predicted octanol–water partition coefficient (Wildman–Crippen LogP) is 6.07. The Morgan fingerprint density at radius 2 is 2.00 bits per heavy atom. The third-order valence-electron chi connectivity index (χ3n) is 5.01. The van der Waals surface area contributed by atoms with Crippen molar-refractivity contribution < 1.29 is 27.8 Å². The molecule has 0 amide bonds. The van der Waals surface area contributed by atoms with Crippen LogP contribution in [0.1, 0.15) is 21.7 Å². The Kier molecular flexibility index (Phi) is 5.98. The van der Waals surface area contributed by atoms with E-state index in [0.717, 1.165) is 38.9 Å². The first-order valence-electron chi connectivity index (χ1n) is 9.46. The second kappa shape index (κ2) is 8.55. The van der Waals surface area contributed by atoms with Crippen LogP contribution >= 0.6 is 23.1 Å². The number of thioether (sulfide) groups is 1. The SMILES string of the molecule is Cc1nc(-c2ccc(C(F)(F)F)cc2)sc1CSc1ccc2c(c1)CC(C(=O)O)CO2. The van der Waals surface area contributed by atoms with E-state index in [1.807, 2.05) is 25.1 Å². The molecule has 0 fully saturated rings. The van der Waals surface area contributed by atoms with Gasteiger partial charge in [0.2, 0.25) is 0 Å². The summed E-state index contributed by atoms with van der Waals surface area (Å²) in [7, 11) is 0. The van der Waals surface area contributed by atoms with E-state index in [1.165, 1.54) is 23.5 Å². The van der Waals surface area contributed by atoms with Crippen molar-refractivity contribution in [2.75, 3.05) is 6.61 Å². The number of carboxylic acid groups (broad SMARTS) is 1. The Hall–Kier alpha value is -2.52. The molecule has 4 rings (SSSR count). The lowest BCUT2D eigenvalue weighted by Gasteiger charge is -2.22. The Morgan fingerprint density at radius 3 is 2.68 bits per heavy atom. The highest BCUT2D eigenvalue weighted by molar-refractivity contribution is 7.98. The number of fused-ring (bicyclic) bond motifs is 1. The summed E-state index contributed by atoms with van der Waals surface area (Å²) in [6.45, 7) is 2.07. The number of rotatable bonds is 5. The van der Waals surface area contributed by atoms with Crippen molar-refractivity contribution >= 4 is 29.1 Å². The van der Waals surface area contributed by atoms with Crippen LogP contribution in [0.4, 0.5) is 13.2 Å². The maximum Gasteiger partial charge on any atom is 0.416 e. The minimum Gasteiger partial charge on any atom is -0.492 e. The Bertz CT molecular complexity index is 1110. The molecule has 1 unspecified atom stereocenters. The Balaban J connectivity index is 1.46. The summed E-state index contributed by atoms with van der Waals surface area (Å²) in [5, 5.41) is 9.91. The summed E-state index contributed by atoms with van der Waals surface area (Å²) in [4.78, 5) is 17.8. The highest BCUT2D eigenvalue weighted by Crippen LogP contribution is 2.37. The first-order valence-corrected chi connectivity index (χ1v) is 11.3. The molecular formula is C22H18F3NO3S2. The highest BCUT2D eigenvalue weighted by Gasteiger charge is 2.30. The van der Waals surface area contributed by atoms with E-state index < -0.39 is 23.6 Å². The van der Waals surface area contributed by atoms with E-state index in [2.05, 4.69) is 4.98 Å². The number of carbonyl (C=O) groups is 1. The number of alkyl halides is 3. The quantitative estimate of drug-likeness (QED) is 0.464. The van der Waals surface area contributed by atoms with Crippen molar-refractivity contribution in [2.45, 2.75) is 30.2 Å². The highest BCUT2D eigenvalue weighted by atomic mass is 32.2. The second-order valence-electron chi connectivity index (χ2n) is 7.21. The summed E-state index contributed by atoms with van der Waals surface area (Å²) in [6.07, 6.45) is -3.92. The molecule has 162 valence electrons.